The summed E-state index contributed by atoms with van der Waals surface area (Å²) in [5, 5.41) is 11.2. The minimum atomic E-state index is -3.00. The number of aromatic hydroxyl groups is 1. The summed E-state index contributed by atoms with van der Waals surface area (Å²) in [6.45, 7) is -0.279. The molecule has 0 aliphatic rings. The Kier molecular flexibility index (Phi) is 5.07. The third kappa shape index (κ3) is 3.47. The smallest absolute Gasteiger partial charge is 0.388 e. The number of benzene rings is 1. The van der Waals surface area contributed by atoms with E-state index < -0.39 is 18.5 Å². The molecule has 0 spiro atoms. The van der Waals surface area contributed by atoms with Crippen LogP contribution in [0.4, 0.5) is 8.78 Å². The van der Waals surface area contributed by atoms with Crippen LogP contribution in [0.3, 0.4) is 0 Å². The summed E-state index contributed by atoms with van der Waals surface area (Å²) in [6.07, 6.45) is 0. The molecule has 0 aliphatic carbocycles. The lowest BCUT2D eigenvalue weighted by atomic mass is 10.2. The third-order valence-corrected chi connectivity index (χ3v) is 4.91. The molecule has 10 heteroatoms. The molecule has 27 heavy (non-hydrogen) atoms. The number of thiophene rings is 1. The average molecular weight is 416 g/mol. The predicted octanol–water partition coefficient (Wildman–Crippen LogP) is 4.59. The van der Waals surface area contributed by atoms with E-state index in [-0.39, 0.29) is 38.2 Å². The number of nitrogens with zero attached hydrogens (tertiary/aromatic N) is 1. The van der Waals surface area contributed by atoms with Gasteiger partial charge in [0.15, 0.2) is 10.8 Å². The van der Waals surface area contributed by atoms with Gasteiger partial charge in [-0.2, -0.15) is 8.78 Å². The minimum absolute atomic E-state index is 0.0334. The number of hydrogen-bond acceptors (Lipinski definition) is 6. The number of ether oxygens (including phenoxy) is 2. The van der Waals surface area contributed by atoms with Gasteiger partial charge in [-0.1, -0.05) is 11.6 Å². The SMILES string of the molecule is CC(=O)Oc1c(C)n(C(=O)c2csc(OC(F)F)c2)c2ccc(O)c(Cl)c12. The summed E-state index contributed by atoms with van der Waals surface area (Å²) in [7, 11) is 0. The Morgan fingerprint density at radius 2 is 2.04 bits per heavy atom. The Morgan fingerprint density at radius 3 is 2.67 bits per heavy atom. The van der Waals surface area contributed by atoms with Crippen molar-refractivity contribution in [3.05, 3.63) is 39.9 Å². The molecule has 0 radical (unpaired) electrons. The number of fused-ring (bicyclic) bond motifs is 1. The first kappa shape index (κ1) is 19.1. The molecule has 0 amide bonds. The number of phenols is 1. The van der Waals surface area contributed by atoms with E-state index in [2.05, 4.69) is 4.74 Å². The van der Waals surface area contributed by atoms with E-state index >= 15 is 0 Å². The van der Waals surface area contributed by atoms with Crippen LogP contribution in [-0.2, 0) is 4.79 Å². The number of hydrogen-bond donors (Lipinski definition) is 1. The molecule has 1 N–H and O–H groups in total. The zero-order valence-corrected chi connectivity index (χ0v) is 15.5. The molecule has 2 heterocycles. The topological polar surface area (TPSA) is 77.8 Å². The van der Waals surface area contributed by atoms with Crippen molar-refractivity contribution >= 4 is 45.7 Å². The van der Waals surface area contributed by atoms with E-state index in [1.807, 2.05) is 0 Å². The van der Waals surface area contributed by atoms with Gasteiger partial charge in [-0.05, 0) is 19.1 Å². The lowest BCUT2D eigenvalue weighted by molar-refractivity contribution is -0.131. The summed E-state index contributed by atoms with van der Waals surface area (Å²) in [6, 6.07) is 3.93. The summed E-state index contributed by atoms with van der Waals surface area (Å²) < 4.78 is 35.4. The summed E-state index contributed by atoms with van der Waals surface area (Å²) >= 11 is 6.99. The summed E-state index contributed by atoms with van der Waals surface area (Å²) in [5.74, 6) is -1.40. The molecule has 1 aromatic carbocycles. The second-order valence-corrected chi connectivity index (χ2v) is 6.73. The van der Waals surface area contributed by atoms with Crippen LogP contribution in [0.2, 0.25) is 5.02 Å². The van der Waals surface area contributed by atoms with Gasteiger partial charge in [-0.3, -0.25) is 14.2 Å². The molecular formula is C17H12ClF2NO5S. The second kappa shape index (κ2) is 7.16. The molecular weight excluding hydrogens is 404 g/mol. The second-order valence-electron chi connectivity index (χ2n) is 5.47. The zero-order valence-electron chi connectivity index (χ0n) is 14.0. The number of rotatable bonds is 4. The van der Waals surface area contributed by atoms with Crippen molar-refractivity contribution in [2.24, 2.45) is 0 Å². The van der Waals surface area contributed by atoms with Gasteiger partial charge in [0.05, 0.1) is 27.2 Å². The normalized spacial score (nSPS) is 11.2. The zero-order chi connectivity index (χ0) is 19.9. The van der Waals surface area contributed by atoms with Crippen LogP contribution < -0.4 is 9.47 Å². The fourth-order valence-corrected chi connectivity index (χ4v) is 3.64. The number of alkyl halides is 2. The van der Waals surface area contributed by atoms with Gasteiger partial charge in [0, 0.05) is 18.4 Å². The van der Waals surface area contributed by atoms with E-state index in [0.717, 1.165) is 11.3 Å². The van der Waals surface area contributed by atoms with E-state index in [1.165, 1.54) is 42.0 Å². The monoisotopic (exact) mass is 415 g/mol. The third-order valence-electron chi connectivity index (χ3n) is 3.71. The number of aromatic nitrogens is 1. The first-order valence-corrected chi connectivity index (χ1v) is 8.75. The van der Waals surface area contributed by atoms with E-state index in [1.54, 1.807) is 0 Å². The number of halogens is 3. The highest BCUT2D eigenvalue weighted by molar-refractivity contribution is 7.12. The highest BCUT2D eigenvalue weighted by Gasteiger charge is 2.25. The lowest BCUT2D eigenvalue weighted by Gasteiger charge is -2.06. The fourth-order valence-electron chi connectivity index (χ4n) is 2.66. The standard InChI is InChI=1S/C17H12ClF2NO5S/c1-7-15(25-8(2)22)13-10(3-4-11(23)14(13)18)21(7)16(24)9-5-12(27-6-9)26-17(19)20/h3-6,17,23H,1-2H3. The van der Waals surface area contributed by atoms with Crippen LogP contribution in [0.1, 0.15) is 23.0 Å². The van der Waals surface area contributed by atoms with Crippen molar-refractivity contribution in [2.45, 2.75) is 20.5 Å². The number of carbonyl (C=O) groups is 2. The predicted molar refractivity (Wildman–Crippen MR) is 95.3 cm³/mol. The Bertz CT molecular complexity index is 1060. The van der Waals surface area contributed by atoms with E-state index in [0.29, 0.717) is 5.52 Å². The van der Waals surface area contributed by atoms with Gasteiger partial charge in [0.2, 0.25) is 0 Å². The maximum Gasteiger partial charge on any atom is 0.388 e. The number of phenolic OH excluding ortho intramolecular Hbond substituents is 1. The maximum atomic E-state index is 13.0. The van der Waals surface area contributed by atoms with Crippen LogP contribution >= 0.6 is 22.9 Å². The molecule has 0 fully saturated rings. The summed E-state index contributed by atoms with van der Waals surface area (Å²) in [5.41, 5.74) is 0.661. The molecule has 0 saturated heterocycles. The Morgan fingerprint density at radius 1 is 1.33 bits per heavy atom. The molecule has 6 nitrogen and oxygen atoms in total. The number of esters is 1. The Balaban J connectivity index is 2.18. The number of carbonyl (C=O) groups excluding carboxylic acids is 2. The van der Waals surface area contributed by atoms with Crippen LogP contribution in [0.15, 0.2) is 23.6 Å². The van der Waals surface area contributed by atoms with Gasteiger partial charge in [-0.25, -0.2) is 0 Å². The van der Waals surface area contributed by atoms with Crippen LogP contribution in [-0.4, -0.2) is 28.2 Å². The van der Waals surface area contributed by atoms with Gasteiger partial charge >= 0.3 is 12.6 Å². The first-order valence-electron chi connectivity index (χ1n) is 7.49. The van der Waals surface area contributed by atoms with Crippen LogP contribution in [0.25, 0.3) is 10.9 Å². The molecule has 0 unspecified atom stereocenters. The Hall–Kier alpha value is -2.65. The van der Waals surface area contributed by atoms with Crippen molar-refractivity contribution in [3.8, 4) is 16.6 Å². The van der Waals surface area contributed by atoms with Crippen molar-refractivity contribution < 1.29 is 33.0 Å². The molecule has 3 rings (SSSR count). The maximum absolute atomic E-state index is 13.0. The highest BCUT2D eigenvalue weighted by atomic mass is 35.5. The van der Waals surface area contributed by atoms with Crippen molar-refractivity contribution in [2.75, 3.05) is 0 Å². The fraction of sp³-hybridized carbons (Fsp3) is 0.176. The molecule has 3 aromatic rings. The quantitative estimate of drug-likeness (QED) is 0.631. The molecule has 0 atom stereocenters. The van der Waals surface area contributed by atoms with Gasteiger partial charge in [0.25, 0.3) is 5.91 Å². The molecule has 142 valence electrons. The highest BCUT2D eigenvalue weighted by Crippen LogP contribution is 2.42. The van der Waals surface area contributed by atoms with Gasteiger partial charge in [0.1, 0.15) is 5.75 Å². The Labute approximate surface area is 160 Å². The van der Waals surface area contributed by atoms with Gasteiger partial charge < -0.3 is 14.6 Å². The van der Waals surface area contributed by atoms with Crippen molar-refractivity contribution in [1.29, 1.82) is 0 Å². The van der Waals surface area contributed by atoms with Crippen molar-refractivity contribution in [3.63, 3.8) is 0 Å². The lowest BCUT2D eigenvalue weighted by Crippen LogP contribution is -2.13. The largest absolute Gasteiger partial charge is 0.506 e. The minimum Gasteiger partial charge on any atom is -0.506 e. The molecule has 0 aliphatic heterocycles. The summed E-state index contributed by atoms with van der Waals surface area (Å²) in [4.78, 5) is 24.4. The van der Waals surface area contributed by atoms with Crippen molar-refractivity contribution in [1.82, 2.24) is 4.57 Å². The van der Waals surface area contributed by atoms with Crippen LogP contribution in [0, 0.1) is 6.92 Å². The molecule has 0 bridgehead atoms. The van der Waals surface area contributed by atoms with E-state index in [9.17, 15) is 23.5 Å². The van der Waals surface area contributed by atoms with Gasteiger partial charge in [-0.15, -0.1) is 11.3 Å². The van der Waals surface area contributed by atoms with Crippen LogP contribution in [0.5, 0.6) is 16.6 Å². The average Bonchev–Trinajstić information content (AvgIpc) is 3.13. The molecule has 2 aromatic heterocycles. The van der Waals surface area contributed by atoms with E-state index in [4.69, 9.17) is 16.3 Å². The first-order chi connectivity index (χ1) is 12.7. The molecule has 0 saturated carbocycles.